The van der Waals surface area contributed by atoms with Crippen molar-refractivity contribution < 1.29 is 23.9 Å². The molecule has 2 aromatic carbocycles. The molecule has 0 N–H and O–H groups in total. The number of aromatic nitrogens is 1. The van der Waals surface area contributed by atoms with Crippen LogP contribution >= 0.6 is 11.3 Å². The first-order valence-corrected chi connectivity index (χ1v) is 8.75. The van der Waals surface area contributed by atoms with Gasteiger partial charge in [0, 0.05) is 17.0 Å². The van der Waals surface area contributed by atoms with Crippen LogP contribution in [0.3, 0.4) is 0 Å². The molecule has 0 aliphatic carbocycles. The predicted molar refractivity (Wildman–Crippen MR) is 95.9 cm³/mol. The zero-order valence-electron chi connectivity index (χ0n) is 13.8. The van der Waals surface area contributed by atoms with Crippen LogP contribution in [0.25, 0.3) is 10.6 Å². The van der Waals surface area contributed by atoms with Gasteiger partial charge in [-0.2, -0.15) is 0 Å². The fourth-order valence-electron chi connectivity index (χ4n) is 2.55. The summed E-state index contributed by atoms with van der Waals surface area (Å²) >= 11 is 1.43. The lowest BCUT2D eigenvalue weighted by molar-refractivity contribution is -0.385. The van der Waals surface area contributed by atoms with Crippen molar-refractivity contribution in [3.05, 3.63) is 69.2 Å². The van der Waals surface area contributed by atoms with Crippen molar-refractivity contribution in [3.8, 4) is 22.1 Å². The number of carbonyl (C=O) groups is 1. The highest BCUT2D eigenvalue weighted by Crippen LogP contribution is 2.38. The van der Waals surface area contributed by atoms with Crippen LogP contribution in [-0.4, -0.2) is 22.7 Å². The molecule has 0 bridgehead atoms. The van der Waals surface area contributed by atoms with E-state index in [2.05, 4.69) is 4.98 Å². The van der Waals surface area contributed by atoms with E-state index in [-0.39, 0.29) is 30.5 Å². The van der Waals surface area contributed by atoms with Gasteiger partial charge in [0.2, 0.25) is 6.79 Å². The number of rotatable bonds is 5. The molecule has 0 spiro atoms. The Balaban J connectivity index is 1.50. The Hall–Kier alpha value is -3.46. The van der Waals surface area contributed by atoms with E-state index in [1.165, 1.54) is 17.4 Å². The van der Waals surface area contributed by atoms with E-state index in [0.29, 0.717) is 5.69 Å². The lowest BCUT2D eigenvalue weighted by Crippen LogP contribution is -2.08. The van der Waals surface area contributed by atoms with Gasteiger partial charge in [0.1, 0.15) is 17.2 Å². The van der Waals surface area contributed by atoms with Crippen LogP contribution in [0.4, 0.5) is 5.69 Å². The molecule has 27 heavy (non-hydrogen) atoms. The Morgan fingerprint density at radius 1 is 1.22 bits per heavy atom. The summed E-state index contributed by atoms with van der Waals surface area (Å²) in [7, 11) is 0. The minimum atomic E-state index is -0.825. The van der Waals surface area contributed by atoms with Crippen LogP contribution in [0.5, 0.6) is 11.5 Å². The van der Waals surface area contributed by atoms with Gasteiger partial charge >= 0.3 is 5.97 Å². The molecule has 136 valence electrons. The van der Waals surface area contributed by atoms with Crippen molar-refractivity contribution in [2.75, 3.05) is 6.79 Å². The molecular formula is C18H12N2O6S. The maximum atomic E-state index is 12.4. The number of nitro benzene ring substituents is 1. The summed E-state index contributed by atoms with van der Waals surface area (Å²) in [6.07, 6.45) is 0. The van der Waals surface area contributed by atoms with Gasteiger partial charge in [-0.1, -0.05) is 30.3 Å². The highest BCUT2D eigenvalue weighted by molar-refractivity contribution is 7.13. The molecule has 0 saturated carbocycles. The number of nitro groups is 1. The van der Waals surface area contributed by atoms with Crippen LogP contribution in [0.1, 0.15) is 16.1 Å². The fraction of sp³-hybridized carbons (Fsp3) is 0.111. The molecule has 4 rings (SSSR count). The third-order valence-corrected chi connectivity index (χ3v) is 4.77. The topological polar surface area (TPSA) is 101 Å². The fourth-order valence-corrected chi connectivity index (χ4v) is 3.36. The van der Waals surface area contributed by atoms with Crippen molar-refractivity contribution >= 4 is 23.0 Å². The smallest absolute Gasteiger partial charge is 0.345 e. The second-order valence-corrected chi connectivity index (χ2v) is 6.42. The number of benzene rings is 2. The lowest BCUT2D eigenvalue weighted by atomic mass is 10.1. The third kappa shape index (κ3) is 3.44. The lowest BCUT2D eigenvalue weighted by Gasteiger charge is -2.05. The summed E-state index contributed by atoms with van der Waals surface area (Å²) in [6, 6.07) is 12.0. The number of fused-ring (bicyclic) bond motifs is 1. The molecule has 0 unspecified atom stereocenters. The molecule has 0 atom stereocenters. The first-order valence-electron chi connectivity index (χ1n) is 7.87. The Morgan fingerprint density at radius 2 is 1.96 bits per heavy atom. The van der Waals surface area contributed by atoms with Gasteiger partial charge in [0.05, 0.1) is 16.7 Å². The van der Waals surface area contributed by atoms with Crippen molar-refractivity contribution in [1.29, 1.82) is 0 Å². The number of thiazole rings is 1. The average molecular weight is 384 g/mol. The molecule has 0 fully saturated rings. The molecule has 1 aliphatic heterocycles. The Kier molecular flexibility index (Phi) is 4.43. The summed E-state index contributed by atoms with van der Waals surface area (Å²) in [4.78, 5) is 27.4. The molecule has 8 nitrogen and oxygen atoms in total. The van der Waals surface area contributed by atoms with E-state index in [9.17, 15) is 14.9 Å². The summed E-state index contributed by atoms with van der Waals surface area (Å²) < 4.78 is 15.5. The van der Waals surface area contributed by atoms with Crippen LogP contribution in [0, 0.1) is 10.1 Å². The minimum Gasteiger partial charge on any atom is -0.455 e. The second kappa shape index (κ2) is 7.04. The van der Waals surface area contributed by atoms with Crippen molar-refractivity contribution in [3.63, 3.8) is 0 Å². The summed E-state index contributed by atoms with van der Waals surface area (Å²) in [5, 5.41) is 13.8. The van der Waals surface area contributed by atoms with Gasteiger partial charge in [-0.3, -0.25) is 10.1 Å². The highest BCUT2D eigenvalue weighted by Gasteiger charge is 2.28. The van der Waals surface area contributed by atoms with Crippen molar-refractivity contribution in [1.82, 2.24) is 4.98 Å². The van der Waals surface area contributed by atoms with Gasteiger partial charge in [-0.05, 0) is 0 Å². The molecule has 0 radical (unpaired) electrons. The molecule has 0 saturated heterocycles. The first kappa shape index (κ1) is 17.0. The van der Waals surface area contributed by atoms with Crippen LogP contribution in [0.2, 0.25) is 0 Å². The van der Waals surface area contributed by atoms with Gasteiger partial charge in [0.25, 0.3) is 5.69 Å². The number of carbonyl (C=O) groups excluding carboxylic acids is 1. The number of nitrogens with zero attached hydrogens (tertiary/aromatic N) is 2. The van der Waals surface area contributed by atoms with Gasteiger partial charge in [-0.15, -0.1) is 11.3 Å². The van der Waals surface area contributed by atoms with E-state index in [1.54, 1.807) is 5.38 Å². The molecular weight excluding hydrogens is 372 g/mol. The Morgan fingerprint density at radius 3 is 2.70 bits per heavy atom. The van der Waals surface area contributed by atoms with Gasteiger partial charge in [0.15, 0.2) is 11.5 Å². The first-order chi connectivity index (χ1) is 13.1. The zero-order valence-corrected chi connectivity index (χ0v) is 14.6. The number of hydrogen-bond acceptors (Lipinski definition) is 8. The van der Waals surface area contributed by atoms with E-state index < -0.39 is 16.6 Å². The monoisotopic (exact) mass is 384 g/mol. The maximum absolute atomic E-state index is 12.4. The predicted octanol–water partition coefficient (Wildman–Crippen LogP) is 3.80. The van der Waals surface area contributed by atoms with Crippen molar-refractivity contribution in [2.45, 2.75) is 6.61 Å². The summed E-state index contributed by atoms with van der Waals surface area (Å²) in [5.74, 6) is -0.327. The SMILES string of the molecule is O=C(OCc1csc(-c2ccccc2)n1)c1cc2c(cc1[N+](=O)[O-])OCO2. The van der Waals surface area contributed by atoms with E-state index in [0.717, 1.165) is 16.6 Å². The average Bonchev–Trinajstić information content (AvgIpc) is 3.34. The number of ether oxygens (including phenoxy) is 3. The minimum absolute atomic E-state index is 0.0495. The number of esters is 1. The van der Waals surface area contributed by atoms with Crippen LogP contribution < -0.4 is 9.47 Å². The normalized spacial score (nSPS) is 12.0. The van der Waals surface area contributed by atoms with E-state index in [4.69, 9.17) is 14.2 Å². The standard InChI is InChI=1S/C18H12N2O6S/c21-18(13-6-15-16(26-10-25-15)7-14(13)20(22)23)24-8-12-9-27-17(19-12)11-4-2-1-3-5-11/h1-7,9H,8,10H2. The van der Waals surface area contributed by atoms with Crippen LogP contribution in [-0.2, 0) is 11.3 Å². The third-order valence-electron chi connectivity index (χ3n) is 3.83. The van der Waals surface area contributed by atoms with Crippen molar-refractivity contribution in [2.24, 2.45) is 0 Å². The Bertz CT molecular complexity index is 1020. The highest BCUT2D eigenvalue weighted by atomic mass is 32.1. The second-order valence-electron chi connectivity index (χ2n) is 5.57. The number of hydrogen-bond donors (Lipinski definition) is 0. The van der Waals surface area contributed by atoms with Crippen LogP contribution in [0.15, 0.2) is 47.8 Å². The Labute approximate surface area is 157 Å². The zero-order chi connectivity index (χ0) is 18.8. The van der Waals surface area contributed by atoms with E-state index in [1.807, 2.05) is 30.3 Å². The molecule has 0 amide bonds. The largest absolute Gasteiger partial charge is 0.455 e. The molecule has 9 heteroatoms. The molecule has 1 aromatic heterocycles. The maximum Gasteiger partial charge on any atom is 0.345 e. The summed E-state index contributed by atoms with van der Waals surface area (Å²) in [6.45, 7) is -0.139. The quantitative estimate of drug-likeness (QED) is 0.374. The molecule has 3 aromatic rings. The van der Waals surface area contributed by atoms with Gasteiger partial charge in [-0.25, -0.2) is 9.78 Å². The van der Waals surface area contributed by atoms with Gasteiger partial charge < -0.3 is 14.2 Å². The molecule has 2 heterocycles. The summed E-state index contributed by atoms with van der Waals surface area (Å²) in [5.41, 5.74) is 0.942. The molecule has 1 aliphatic rings. The van der Waals surface area contributed by atoms with E-state index >= 15 is 0 Å².